The third-order valence-corrected chi connectivity index (χ3v) is 5.72. The number of amides is 2. The third-order valence-electron chi connectivity index (χ3n) is 5.10. The van der Waals surface area contributed by atoms with Crippen LogP contribution in [0.15, 0.2) is 46.9 Å². The number of carbonyl (C=O) groups excluding carboxylic acids is 2. The number of rotatable bonds is 8. The van der Waals surface area contributed by atoms with Crippen LogP contribution in [0.5, 0.6) is 5.75 Å². The summed E-state index contributed by atoms with van der Waals surface area (Å²) in [5, 5.41) is 2.80. The standard InChI is InChI=1S/C25H33BrN2O3/c1-7-27-24(30)18(3)28(15-19-10-8-9-17(2)13-19)23(29)16-31-22-12-11-20(14-21(22)26)25(4,5)6/h8-14,18H,7,15-16H2,1-6H3,(H,27,30). The number of carbonyl (C=O) groups is 2. The topological polar surface area (TPSA) is 58.6 Å². The van der Waals surface area contributed by atoms with Gasteiger partial charge in [-0.1, -0.05) is 56.7 Å². The van der Waals surface area contributed by atoms with Crippen molar-refractivity contribution >= 4 is 27.7 Å². The van der Waals surface area contributed by atoms with Crippen molar-refractivity contribution in [1.29, 1.82) is 0 Å². The zero-order valence-corrected chi connectivity index (χ0v) is 20.9. The highest BCUT2D eigenvalue weighted by Crippen LogP contribution is 2.31. The van der Waals surface area contributed by atoms with E-state index in [-0.39, 0.29) is 23.8 Å². The van der Waals surface area contributed by atoms with Crippen molar-refractivity contribution in [1.82, 2.24) is 10.2 Å². The van der Waals surface area contributed by atoms with Crippen LogP contribution in [0, 0.1) is 6.92 Å². The summed E-state index contributed by atoms with van der Waals surface area (Å²) in [6.45, 7) is 12.7. The van der Waals surface area contributed by atoms with Crippen LogP contribution in [0.1, 0.15) is 51.3 Å². The Balaban J connectivity index is 2.17. The highest BCUT2D eigenvalue weighted by atomic mass is 79.9. The molecule has 5 nitrogen and oxygen atoms in total. The van der Waals surface area contributed by atoms with Gasteiger partial charge >= 0.3 is 0 Å². The molecule has 2 aromatic carbocycles. The predicted molar refractivity (Wildman–Crippen MR) is 128 cm³/mol. The van der Waals surface area contributed by atoms with Crippen LogP contribution in [0.4, 0.5) is 0 Å². The Morgan fingerprint density at radius 3 is 2.45 bits per heavy atom. The molecule has 0 fully saturated rings. The number of hydrogen-bond acceptors (Lipinski definition) is 3. The van der Waals surface area contributed by atoms with Crippen LogP contribution >= 0.6 is 15.9 Å². The summed E-state index contributed by atoms with van der Waals surface area (Å²) in [5.74, 6) is 0.175. The van der Waals surface area contributed by atoms with E-state index in [4.69, 9.17) is 4.74 Å². The molecule has 1 N–H and O–H groups in total. The molecule has 168 valence electrons. The molecule has 0 aliphatic carbocycles. The average Bonchev–Trinajstić information content (AvgIpc) is 2.70. The van der Waals surface area contributed by atoms with Gasteiger partial charge in [-0.05, 0) is 65.4 Å². The first-order chi connectivity index (χ1) is 14.5. The molecule has 2 aromatic rings. The zero-order valence-electron chi connectivity index (χ0n) is 19.3. The second-order valence-electron chi connectivity index (χ2n) is 8.77. The molecular formula is C25H33BrN2O3. The molecule has 0 saturated carbocycles. The molecule has 6 heteroatoms. The molecule has 0 aliphatic rings. The molecular weight excluding hydrogens is 456 g/mol. The Kier molecular flexibility index (Phi) is 8.69. The second-order valence-corrected chi connectivity index (χ2v) is 9.62. The van der Waals surface area contributed by atoms with Crippen molar-refractivity contribution in [3.63, 3.8) is 0 Å². The van der Waals surface area contributed by atoms with Crippen molar-refractivity contribution in [2.75, 3.05) is 13.2 Å². The second kappa shape index (κ2) is 10.8. The molecule has 0 saturated heterocycles. The minimum absolute atomic E-state index is 0.0174. The van der Waals surface area contributed by atoms with Gasteiger partial charge in [0, 0.05) is 13.1 Å². The van der Waals surface area contributed by atoms with Gasteiger partial charge in [0.15, 0.2) is 6.61 Å². The van der Waals surface area contributed by atoms with Crippen molar-refractivity contribution in [3.05, 3.63) is 63.6 Å². The van der Waals surface area contributed by atoms with Crippen LogP contribution in [0.25, 0.3) is 0 Å². The van der Waals surface area contributed by atoms with Gasteiger partial charge in [-0.2, -0.15) is 0 Å². The fourth-order valence-electron chi connectivity index (χ4n) is 3.22. The Morgan fingerprint density at radius 1 is 1.16 bits per heavy atom. The van der Waals surface area contributed by atoms with E-state index in [2.05, 4.69) is 42.0 Å². The van der Waals surface area contributed by atoms with Crippen molar-refractivity contribution in [3.8, 4) is 5.75 Å². The largest absolute Gasteiger partial charge is 0.483 e. The number of benzene rings is 2. The van der Waals surface area contributed by atoms with Crippen LogP contribution in [-0.4, -0.2) is 35.9 Å². The molecule has 0 aromatic heterocycles. The quantitative estimate of drug-likeness (QED) is 0.569. The van der Waals surface area contributed by atoms with Gasteiger partial charge in [-0.25, -0.2) is 0 Å². The van der Waals surface area contributed by atoms with Gasteiger partial charge in [0.1, 0.15) is 11.8 Å². The van der Waals surface area contributed by atoms with Crippen LogP contribution < -0.4 is 10.1 Å². The number of likely N-dealkylation sites (N-methyl/N-ethyl adjacent to an activating group) is 1. The van der Waals surface area contributed by atoms with Gasteiger partial charge in [-0.3, -0.25) is 9.59 Å². The van der Waals surface area contributed by atoms with E-state index in [1.807, 2.05) is 56.3 Å². The smallest absolute Gasteiger partial charge is 0.261 e. The summed E-state index contributed by atoms with van der Waals surface area (Å²) >= 11 is 3.55. The minimum atomic E-state index is -0.608. The van der Waals surface area contributed by atoms with Crippen molar-refractivity contribution in [2.45, 2.75) is 59.5 Å². The maximum Gasteiger partial charge on any atom is 0.261 e. The van der Waals surface area contributed by atoms with Gasteiger partial charge in [-0.15, -0.1) is 0 Å². The van der Waals surface area contributed by atoms with Gasteiger partial charge in [0.25, 0.3) is 5.91 Å². The summed E-state index contributed by atoms with van der Waals surface area (Å²) < 4.78 is 6.63. The predicted octanol–water partition coefficient (Wildman–Crippen LogP) is 4.99. The molecule has 0 bridgehead atoms. The van der Waals surface area contributed by atoms with E-state index in [0.717, 1.165) is 15.6 Å². The molecule has 1 atom stereocenters. The maximum absolute atomic E-state index is 13.1. The first-order valence-electron chi connectivity index (χ1n) is 10.6. The molecule has 0 radical (unpaired) electrons. The molecule has 31 heavy (non-hydrogen) atoms. The summed E-state index contributed by atoms with van der Waals surface area (Å²) in [6, 6.07) is 13.2. The molecule has 0 aliphatic heterocycles. The summed E-state index contributed by atoms with van der Waals surface area (Å²) in [4.78, 5) is 27.1. The lowest BCUT2D eigenvalue weighted by atomic mass is 9.87. The first kappa shape index (κ1) is 24.9. The summed E-state index contributed by atoms with van der Waals surface area (Å²) in [5.41, 5.74) is 3.27. The monoisotopic (exact) mass is 488 g/mol. The van der Waals surface area contributed by atoms with Gasteiger partial charge in [0.2, 0.25) is 5.91 Å². The fourth-order valence-corrected chi connectivity index (χ4v) is 3.71. The van der Waals surface area contributed by atoms with E-state index >= 15 is 0 Å². The average molecular weight is 489 g/mol. The van der Waals surface area contributed by atoms with Crippen molar-refractivity contribution in [2.24, 2.45) is 0 Å². The fraction of sp³-hybridized carbons (Fsp3) is 0.440. The lowest BCUT2D eigenvalue weighted by Crippen LogP contribution is -2.49. The van der Waals surface area contributed by atoms with Crippen molar-refractivity contribution < 1.29 is 14.3 Å². The lowest BCUT2D eigenvalue weighted by molar-refractivity contribution is -0.142. The number of hydrogen-bond donors (Lipinski definition) is 1. The summed E-state index contributed by atoms with van der Waals surface area (Å²) in [6.07, 6.45) is 0. The van der Waals surface area contributed by atoms with Crippen LogP contribution in [0.3, 0.4) is 0 Å². The Morgan fingerprint density at radius 2 is 1.87 bits per heavy atom. The summed E-state index contributed by atoms with van der Waals surface area (Å²) in [7, 11) is 0. The van der Waals surface area contributed by atoms with Crippen LogP contribution in [0.2, 0.25) is 0 Å². The Hall–Kier alpha value is -2.34. The minimum Gasteiger partial charge on any atom is -0.483 e. The molecule has 0 heterocycles. The van der Waals surface area contributed by atoms with Gasteiger partial charge < -0.3 is 15.0 Å². The van der Waals surface area contributed by atoms with E-state index in [0.29, 0.717) is 18.8 Å². The molecule has 2 rings (SSSR count). The number of ether oxygens (including phenoxy) is 1. The third kappa shape index (κ3) is 7.10. The lowest BCUT2D eigenvalue weighted by Gasteiger charge is -2.29. The SMILES string of the molecule is CCNC(=O)C(C)N(Cc1cccc(C)c1)C(=O)COc1ccc(C(C)(C)C)cc1Br. The Bertz CT molecular complexity index is 921. The molecule has 2 amide bonds. The van der Waals surface area contributed by atoms with E-state index in [9.17, 15) is 9.59 Å². The molecule has 0 spiro atoms. The highest BCUT2D eigenvalue weighted by molar-refractivity contribution is 9.10. The molecule has 1 unspecified atom stereocenters. The number of halogens is 1. The Labute approximate surface area is 194 Å². The van der Waals surface area contributed by atoms with E-state index < -0.39 is 6.04 Å². The first-order valence-corrected chi connectivity index (χ1v) is 11.4. The van der Waals surface area contributed by atoms with Gasteiger partial charge in [0.05, 0.1) is 4.47 Å². The maximum atomic E-state index is 13.1. The number of nitrogens with one attached hydrogen (secondary N) is 1. The zero-order chi connectivity index (χ0) is 23.2. The van der Waals surface area contributed by atoms with E-state index in [1.165, 1.54) is 5.56 Å². The number of nitrogens with zero attached hydrogens (tertiary/aromatic N) is 1. The normalized spacial score (nSPS) is 12.2. The number of aryl methyl sites for hydroxylation is 1. The highest BCUT2D eigenvalue weighted by Gasteiger charge is 2.26. The van der Waals surface area contributed by atoms with E-state index in [1.54, 1.807) is 11.8 Å². The van der Waals surface area contributed by atoms with Crippen LogP contribution in [-0.2, 0) is 21.5 Å².